The second kappa shape index (κ2) is 23.2. The molecule has 1 aromatic carbocycles. The first kappa shape index (κ1) is 39.6. The average Bonchev–Trinajstić information content (AvgIpc) is 2.82. The van der Waals surface area contributed by atoms with Gasteiger partial charge in [-0.25, -0.2) is 4.79 Å². The maximum absolute atomic E-state index is 12.3. The molecule has 8 nitrogen and oxygen atoms in total. The van der Waals surface area contributed by atoms with Gasteiger partial charge in [-0.05, 0) is 40.0 Å². The van der Waals surface area contributed by atoms with E-state index in [2.05, 4.69) is 45.1 Å². The number of Topliss-reactive ketones (excluding diaryl/α,β-unsaturated/α-hetero) is 1. The molecule has 0 saturated heterocycles. The summed E-state index contributed by atoms with van der Waals surface area (Å²) in [6.45, 7) is 21.5. The monoisotopic (exact) mass is 537 g/mol. The Kier molecular flexibility index (Phi) is 24.2. The summed E-state index contributed by atoms with van der Waals surface area (Å²) in [6, 6.07) is 10.3. The first-order valence-corrected chi connectivity index (χ1v) is 13.6. The zero-order valence-electron chi connectivity index (χ0n) is 26.1. The minimum atomic E-state index is -0.693. The lowest BCUT2D eigenvalue weighted by Gasteiger charge is -2.25. The van der Waals surface area contributed by atoms with Gasteiger partial charge in [0.1, 0.15) is 12.1 Å². The quantitative estimate of drug-likeness (QED) is 0.425. The van der Waals surface area contributed by atoms with E-state index in [1.807, 2.05) is 39.0 Å². The van der Waals surface area contributed by atoms with E-state index in [-0.39, 0.29) is 31.3 Å². The summed E-state index contributed by atoms with van der Waals surface area (Å²) in [5.74, 6) is 0.0941. The molecule has 0 aliphatic rings. The van der Waals surface area contributed by atoms with Crippen LogP contribution in [0.15, 0.2) is 30.3 Å². The first-order valence-electron chi connectivity index (χ1n) is 13.6. The molecule has 1 aromatic rings. The van der Waals surface area contributed by atoms with E-state index in [0.717, 1.165) is 12.3 Å². The second-order valence-corrected chi connectivity index (χ2v) is 10.2. The minimum Gasteiger partial charge on any atom is -0.444 e. The van der Waals surface area contributed by atoms with E-state index in [1.54, 1.807) is 27.7 Å². The Bertz CT molecular complexity index is 771. The third kappa shape index (κ3) is 26.2. The molecule has 0 bridgehead atoms. The summed E-state index contributed by atoms with van der Waals surface area (Å²) in [5.41, 5.74) is 0.670. The number of benzene rings is 1. The average molecular weight is 538 g/mol. The van der Waals surface area contributed by atoms with Crippen molar-refractivity contribution in [2.24, 2.45) is 5.92 Å². The number of hydrogen-bond donors (Lipinski definition) is 1. The highest BCUT2D eigenvalue weighted by molar-refractivity contribution is 5.89. The number of rotatable bonds is 9. The van der Waals surface area contributed by atoms with Crippen LogP contribution in [-0.2, 0) is 19.1 Å². The Labute approximate surface area is 232 Å². The fourth-order valence-corrected chi connectivity index (χ4v) is 2.41. The van der Waals surface area contributed by atoms with E-state index in [9.17, 15) is 19.2 Å². The Hall–Kier alpha value is -2.90. The molecule has 3 amide bonds. The molecule has 8 heteroatoms. The van der Waals surface area contributed by atoms with Gasteiger partial charge in [0.25, 0.3) is 0 Å². The number of ether oxygens (including phenoxy) is 1. The van der Waals surface area contributed by atoms with Gasteiger partial charge in [-0.2, -0.15) is 0 Å². The van der Waals surface area contributed by atoms with Crippen LogP contribution >= 0.6 is 0 Å². The predicted octanol–water partition coefficient (Wildman–Crippen LogP) is 5.87. The fraction of sp³-hybridized carbons (Fsp3) is 0.667. The number of alkyl carbamates (subject to hydrolysis) is 1. The molecule has 0 atom stereocenters. The molecule has 0 aliphatic carbocycles. The summed E-state index contributed by atoms with van der Waals surface area (Å²) in [7, 11) is 1.47. The highest BCUT2D eigenvalue weighted by Crippen LogP contribution is 2.06. The second-order valence-electron chi connectivity index (χ2n) is 10.2. The molecular weight excluding hydrogens is 482 g/mol. The van der Waals surface area contributed by atoms with E-state index in [1.165, 1.54) is 22.4 Å². The molecule has 1 rings (SSSR count). The molecule has 0 fully saturated rings. The van der Waals surface area contributed by atoms with Crippen molar-refractivity contribution in [2.75, 3.05) is 33.2 Å². The van der Waals surface area contributed by atoms with Gasteiger partial charge >= 0.3 is 6.09 Å². The zero-order valence-corrected chi connectivity index (χ0v) is 26.1. The van der Waals surface area contributed by atoms with Crippen molar-refractivity contribution >= 4 is 23.7 Å². The van der Waals surface area contributed by atoms with Crippen LogP contribution in [0.25, 0.3) is 0 Å². The van der Waals surface area contributed by atoms with Gasteiger partial charge in [0.15, 0.2) is 5.78 Å². The van der Waals surface area contributed by atoms with Gasteiger partial charge < -0.3 is 19.9 Å². The largest absolute Gasteiger partial charge is 0.444 e. The molecule has 38 heavy (non-hydrogen) atoms. The number of hydrogen-bond acceptors (Lipinski definition) is 5. The number of aryl methyl sites for hydroxylation is 1. The van der Waals surface area contributed by atoms with Crippen molar-refractivity contribution < 1.29 is 23.9 Å². The molecule has 0 saturated carbocycles. The number of nitrogens with zero attached hydrogens (tertiary/aromatic N) is 2. The van der Waals surface area contributed by atoms with Crippen LogP contribution < -0.4 is 5.32 Å². The summed E-state index contributed by atoms with van der Waals surface area (Å²) in [6.07, 6.45) is 0.393. The van der Waals surface area contributed by atoms with Crippen molar-refractivity contribution in [3.8, 4) is 0 Å². The van der Waals surface area contributed by atoms with Crippen LogP contribution in [0.2, 0.25) is 0 Å². The number of nitrogens with one attached hydrogen (secondary N) is 1. The lowest BCUT2D eigenvalue weighted by molar-refractivity contribution is -0.140. The van der Waals surface area contributed by atoms with Gasteiger partial charge in [-0.15, -0.1) is 0 Å². The third-order valence-electron chi connectivity index (χ3n) is 4.13. The lowest BCUT2D eigenvalue weighted by Crippen LogP contribution is -2.46. The summed E-state index contributed by atoms with van der Waals surface area (Å²) >= 11 is 0. The van der Waals surface area contributed by atoms with Gasteiger partial charge in [0.05, 0.1) is 13.1 Å². The highest BCUT2D eigenvalue weighted by Gasteiger charge is 2.21. The summed E-state index contributed by atoms with van der Waals surface area (Å²) < 4.78 is 5.04. The molecule has 0 aliphatic heterocycles. The van der Waals surface area contributed by atoms with Crippen molar-refractivity contribution in [1.29, 1.82) is 0 Å². The normalized spacial score (nSPS) is 9.82. The van der Waals surface area contributed by atoms with Gasteiger partial charge in [-0.3, -0.25) is 14.4 Å². The first-order chi connectivity index (χ1) is 17.6. The van der Waals surface area contributed by atoms with Crippen molar-refractivity contribution in [2.45, 2.75) is 94.6 Å². The maximum atomic E-state index is 12.3. The van der Waals surface area contributed by atoms with Gasteiger partial charge in [0.2, 0.25) is 11.8 Å². The minimum absolute atomic E-state index is 0.0256. The van der Waals surface area contributed by atoms with E-state index in [4.69, 9.17) is 4.74 Å². The van der Waals surface area contributed by atoms with Crippen molar-refractivity contribution in [1.82, 2.24) is 15.1 Å². The highest BCUT2D eigenvalue weighted by atomic mass is 16.6. The van der Waals surface area contributed by atoms with Crippen LogP contribution in [-0.4, -0.2) is 72.3 Å². The van der Waals surface area contributed by atoms with Crippen LogP contribution in [0, 0.1) is 12.8 Å². The molecule has 0 heterocycles. The van der Waals surface area contributed by atoms with Crippen molar-refractivity contribution in [3.63, 3.8) is 0 Å². The third-order valence-corrected chi connectivity index (χ3v) is 4.13. The number of carbonyl (C=O) groups is 4. The fourth-order valence-electron chi connectivity index (χ4n) is 2.41. The number of carbonyl (C=O) groups excluding carboxylic acids is 4. The predicted molar refractivity (Wildman–Crippen MR) is 157 cm³/mol. The van der Waals surface area contributed by atoms with Crippen LogP contribution in [0.4, 0.5) is 4.79 Å². The van der Waals surface area contributed by atoms with Crippen LogP contribution in [0.1, 0.15) is 87.6 Å². The molecule has 0 unspecified atom stereocenters. The molecular formula is C30H55N3O5. The SMILES string of the molecule is CC.CC(C)C.CCCN(CC(=O)CC)C(=O)CN(C)C(=O)CNC(=O)OC(C)(C)C.Cc1ccccc1. The Morgan fingerprint density at radius 3 is 1.79 bits per heavy atom. The smallest absolute Gasteiger partial charge is 0.408 e. The lowest BCUT2D eigenvalue weighted by atomic mass is 10.2. The molecule has 1 N–H and O–H groups in total. The molecule has 0 radical (unpaired) electrons. The number of amides is 3. The standard InChI is InChI=1S/C17H31N3O5.C7H8.C4H10.C2H6/c1-7-9-20(11-13(21)8-2)15(23)12-19(6)14(22)10-18-16(24)25-17(3,4)5;1-7-5-3-2-4-6-7;1-4(2)3;1-2/h7-12H2,1-6H3,(H,18,24);2-6H,1H3;4H,1-3H3;1-2H3. The van der Waals surface area contributed by atoms with Crippen LogP contribution in [0.3, 0.4) is 0 Å². The number of ketones is 1. The molecule has 0 aromatic heterocycles. The van der Waals surface area contributed by atoms with Crippen molar-refractivity contribution in [3.05, 3.63) is 35.9 Å². The Morgan fingerprint density at radius 1 is 0.921 bits per heavy atom. The summed E-state index contributed by atoms with van der Waals surface area (Å²) in [4.78, 5) is 50.1. The van der Waals surface area contributed by atoms with Gasteiger partial charge in [-0.1, -0.05) is 84.4 Å². The number of likely N-dealkylation sites (N-methyl/N-ethyl adjacent to an activating group) is 1. The Morgan fingerprint density at radius 2 is 1.42 bits per heavy atom. The van der Waals surface area contributed by atoms with E-state index in [0.29, 0.717) is 13.0 Å². The maximum Gasteiger partial charge on any atom is 0.408 e. The molecule has 0 spiro atoms. The van der Waals surface area contributed by atoms with E-state index >= 15 is 0 Å². The zero-order chi connectivity index (χ0) is 30.3. The van der Waals surface area contributed by atoms with Gasteiger partial charge in [0, 0.05) is 20.0 Å². The summed E-state index contributed by atoms with van der Waals surface area (Å²) in [5, 5.41) is 2.36. The van der Waals surface area contributed by atoms with Crippen LogP contribution in [0.5, 0.6) is 0 Å². The van der Waals surface area contributed by atoms with E-state index < -0.39 is 17.6 Å². The molecule has 220 valence electrons. The Balaban J connectivity index is -0.000000766. The topological polar surface area (TPSA) is 96.0 Å².